The molecule has 2 heterocycles. The lowest BCUT2D eigenvalue weighted by Crippen LogP contribution is -2.32. The number of carbonyl (C=O) groups excluding carboxylic acids is 6. The van der Waals surface area contributed by atoms with E-state index in [1.54, 1.807) is 48.5 Å². The molecule has 0 N–H and O–H groups in total. The Morgan fingerprint density at radius 3 is 1.25 bits per heavy atom. The normalized spacial score (nSPS) is 29.2. The third-order valence-electron chi connectivity index (χ3n) is 8.46. The Bertz CT molecular complexity index is 1290. The summed E-state index contributed by atoms with van der Waals surface area (Å²) in [6, 6.07) is 13.9. The van der Waals surface area contributed by atoms with Gasteiger partial charge in [-0.2, -0.15) is 0 Å². The van der Waals surface area contributed by atoms with Crippen molar-refractivity contribution in [2.75, 3.05) is 0 Å². The van der Waals surface area contributed by atoms with E-state index in [0.717, 1.165) is 11.1 Å². The average Bonchev–Trinajstić information content (AvgIpc) is 3.41. The van der Waals surface area contributed by atoms with E-state index in [4.69, 9.17) is 18.9 Å². The molecule has 2 saturated carbocycles. The fourth-order valence-electron chi connectivity index (χ4n) is 6.19. The van der Waals surface area contributed by atoms with Crippen molar-refractivity contribution in [3.8, 4) is 22.6 Å². The van der Waals surface area contributed by atoms with Crippen LogP contribution in [-0.2, 0) is 38.2 Å². The second-order valence-corrected chi connectivity index (χ2v) is 10.8. The van der Waals surface area contributed by atoms with Crippen LogP contribution in [0.3, 0.4) is 0 Å². The van der Waals surface area contributed by atoms with Gasteiger partial charge in [-0.05, 0) is 73.9 Å². The van der Waals surface area contributed by atoms with Crippen molar-refractivity contribution in [1.82, 2.24) is 0 Å². The summed E-state index contributed by atoms with van der Waals surface area (Å²) in [6.07, 6.45) is 2.28. The fourth-order valence-corrected chi connectivity index (χ4v) is 6.19. The maximum absolute atomic E-state index is 12.7. The maximum Gasteiger partial charge on any atom is 0.317 e. The van der Waals surface area contributed by atoms with Crippen LogP contribution in [0.2, 0.25) is 0 Å². The van der Waals surface area contributed by atoms with Crippen molar-refractivity contribution in [3.63, 3.8) is 0 Å². The minimum Gasteiger partial charge on any atom is -0.426 e. The number of rotatable bonds is 5. The lowest BCUT2D eigenvalue weighted by atomic mass is 9.75. The minimum absolute atomic E-state index is 0.247. The number of benzene rings is 2. The fraction of sp³-hybridized carbons (Fsp3) is 0.400. The Balaban J connectivity index is 1.02. The lowest BCUT2D eigenvalue weighted by Gasteiger charge is -2.26. The van der Waals surface area contributed by atoms with Crippen molar-refractivity contribution < 1.29 is 47.7 Å². The second-order valence-electron chi connectivity index (χ2n) is 10.8. The van der Waals surface area contributed by atoms with Crippen LogP contribution in [0, 0.1) is 35.5 Å². The first-order valence-electron chi connectivity index (χ1n) is 13.4. The van der Waals surface area contributed by atoms with E-state index in [9.17, 15) is 28.8 Å². The van der Waals surface area contributed by atoms with Crippen LogP contribution in [0.5, 0.6) is 11.5 Å². The molecule has 4 fully saturated rings. The van der Waals surface area contributed by atoms with Crippen LogP contribution < -0.4 is 9.47 Å². The molecule has 6 atom stereocenters. The van der Waals surface area contributed by atoms with E-state index >= 15 is 0 Å². The summed E-state index contributed by atoms with van der Waals surface area (Å²) in [7, 11) is 0. The Morgan fingerprint density at radius 1 is 0.525 bits per heavy atom. The van der Waals surface area contributed by atoms with Crippen LogP contribution in [0.4, 0.5) is 0 Å². The quantitative estimate of drug-likeness (QED) is 0.311. The summed E-state index contributed by atoms with van der Waals surface area (Å²) < 4.78 is 20.5. The highest BCUT2D eigenvalue weighted by Gasteiger charge is 2.50. The van der Waals surface area contributed by atoms with Crippen LogP contribution in [0.15, 0.2) is 48.5 Å². The summed E-state index contributed by atoms with van der Waals surface area (Å²) in [5.74, 6) is -5.24. The molecule has 0 radical (unpaired) electrons. The summed E-state index contributed by atoms with van der Waals surface area (Å²) in [4.78, 5) is 72.5. The number of carbonyl (C=O) groups is 6. The monoisotopic (exact) mass is 546 g/mol. The molecule has 2 aliphatic heterocycles. The third kappa shape index (κ3) is 4.89. The standard InChI is InChI=1S/C30H26O10/c31-25(17-5-11-21-23(13-17)29(35)39-27(21)33)37-19-7-1-15(2-8-19)16-3-9-20(10-4-16)38-26(32)18-6-12-22-24(14-18)30(36)40-28(22)34/h1-4,7-10,17-18,21-24H,5-6,11-14H2. The molecular formula is C30H26O10. The van der Waals surface area contributed by atoms with Crippen LogP contribution >= 0.6 is 0 Å². The Morgan fingerprint density at radius 2 is 0.875 bits per heavy atom. The van der Waals surface area contributed by atoms with E-state index in [1.807, 2.05) is 0 Å². The number of ether oxygens (including phenoxy) is 4. The minimum atomic E-state index is -0.574. The van der Waals surface area contributed by atoms with Crippen molar-refractivity contribution in [2.45, 2.75) is 38.5 Å². The third-order valence-corrected chi connectivity index (χ3v) is 8.46. The van der Waals surface area contributed by atoms with Gasteiger partial charge in [0.1, 0.15) is 11.5 Å². The zero-order valence-corrected chi connectivity index (χ0v) is 21.4. The maximum atomic E-state index is 12.7. The molecule has 4 aliphatic rings. The predicted molar refractivity (Wildman–Crippen MR) is 134 cm³/mol. The highest BCUT2D eigenvalue weighted by atomic mass is 16.6. The van der Waals surface area contributed by atoms with Gasteiger partial charge in [-0.3, -0.25) is 28.8 Å². The molecule has 6 rings (SSSR count). The molecule has 2 saturated heterocycles. The molecule has 40 heavy (non-hydrogen) atoms. The summed E-state index contributed by atoms with van der Waals surface area (Å²) >= 11 is 0. The molecule has 0 spiro atoms. The Kier molecular flexibility index (Phi) is 6.69. The van der Waals surface area contributed by atoms with Gasteiger partial charge in [0.15, 0.2) is 0 Å². The van der Waals surface area contributed by atoms with Gasteiger partial charge >= 0.3 is 35.8 Å². The van der Waals surface area contributed by atoms with E-state index in [0.29, 0.717) is 37.2 Å². The Hall–Kier alpha value is -4.34. The highest BCUT2D eigenvalue weighted by Crippen LogP contribution is 2.41. The van der Waals surface area contributed by atoms with Crippen molar-refractivity contribution in [1.29, 1.82) is 0 Å². The molecule has 0 bridgehead atoms. The number of hydrogen-bond acceptors (Lipinski definition) is 10. The number of cyclic esters (lactones) is 4. The van der Waals surface area contributed by atoms with Crippen LogP contribution in [0.1, 0.15) is 38.5 Å². The summed E-state index contributed by atoms with van der Waals surface area (Å²) in [6.45, 7) is 0. The Labute approximate surface area is 228 Å². The van der Waals surface area contributed by atoms with Crippen LogP contribution in [-0.4, -0.2) is 35.8 Å². The molecule has 10 nitrogen and oxygen atoms in total. The molecule has 2 aromatic rings. The molecule has 0 amide bonds. The lowest BCUT2D eigenvalue weighted by molar-refractivity contribution is -0.155. The molecule has 6 unspecified atom stereocenters. The largest absolute Gasteiger partial charge is 0.426 e. The first kappa shape index (κ1) is 25.9. The van der Waals surface area contributed by atoms with Crippen molar-refractivity contribution in [3.05, 3.63) is 48.5 Å². The van der Waals surface area contributed by atoms with Gasteiger partial charge in [-0.1, -0.05) is 24.3 Å². The molecule has 0 aromatic heterocycles. The van der Waals surface area contributed by atoms with Gasteiger partial charge in [0.25, 0.3) is 0 Å². The van der Waals surface area contributed by atoms with Gasteiger partial charge in [-0.25, -0.2) is 0 Å². The van der Waals surface area contributed by atoms with Gasteiger partial charge < -0.3 is 18.9 Å². The smallest absolute Gasteiger partial charge is 0.317 e. The SMILES string of the molecule is O=C(Oc1ccc(-c2ccc(OC(=O)C3CCC4C(=O)OC(=O)C4C3)cc2)cc1)C1CCC2C(=O)OC(=O)C2C1. The van der Waals surface area contributed by atoms with Crippen molar-refractivity contribution in [2.24, 2.45) is 35.5 Å². The zero-order chi connectivity index (χ0) is 28.0. The van der Waals surface area contributed by atoms with Gasteiger partial charge in [0.2, 0.25) is 0 Å². The van der Waals surface area contributed by atoms with Crippen molar-refractivity contribution >= 4 is 35.8 Å². The molecular weight excluding hydrogens is 520 g/mol. The highest BCUT2D eigenvalue weighted by molar-refractivity contribution is 5.97. The van der Waals surface area contributed by atoms with E-state index in [2.05, 4.69) is 0 Å². The van der Waals surface area contributed by atoms with Gasteiger partial charge in [0.05, 0.1) is 35.5 Å². The van der Waals surface area contributed by atoms with Crippen LogP contribution in [0.25, 0.3) is 11.1 Å². The summed E-state index contributed by atoms with van der Waals surface area (Å²) in [5, 5.41) is 0. The number of esters is 6. The molecule has 206 valence electrons. The van der Waals surface area contributed by atoms with Gasteiger partial charge in [-0.15, -0.1) is 0 Å². The zero-order valence-electron chi connectivity index (χ0n) is 21.4. The topological polar surface area (TPSA) is 139 Å². The second kappa shape index (κ2) is 10.3. The average molecular weight is 547 g/mol. The molecule has 2 aromatic carbocycles. The van der Waals surface area contributed by atoms with E-state index in [-0.39, 0.29) is 12.8 Å². The molecule has 10 heteroatoms. The number of fused-ring (bicyclic) bond motifs is 2. The predicted octanol–water partition coefficient (Wildman–Crippen LogP) is 3.40. The van der Waals surface area contributed by atoms with E-state index in [1.165, 1.54) is 0 Å². The van der Waals surface area contributed by atoms with Gasteiger partial charge in [0, 0.05) is 0 Å². The number of hydrogen-bond donors (Lipinski definition) is 0. The van der Waals surface area contributed by atoms with E-state index < -0.39 is 71.3 Å². The molecule has 2 aliphatic carbocycles. The first-order chi connectivity index (χ1) is 19.3. The first-order valence-corrected chi connectivity index (χ1v) is 13.4. The summed E-state index contributed by atoms with van der Waals surface area (Å²) in [5.41, 5.74) is 1.71.